The van der Waals surface area contributed by atoms with Crippen molar-refractivity contribution in [3.63, 3.8) is 0 Å². The van der Waals surface area contributed by atoms with E-state index in [9.17, 15) is 9.18 Å². The minimum absolute atomic E-state index is 0.252. The number of aromatic nitrogens is 2. The highest BCUT2D eigenvalue weighted by Crippen LogP contribution is 2.25. The van der Waals surface area contributed by atoms with Crippen LogP contribution in [0.3, 0.4) is 0 Å². The molecule has 0 unspecified atom stereocenters. The lowest BCUT2D eigenvalue weighted by Crippen LogP contribution is -2.10. The van der Waals surface area contributed by atoms with Crippen LogP contribution in [-0.4, -0.2) is 15.9 Å². The van der Waals surface area contributed by atoms with Gasteiger partial charge in [-0.1, -0.05) is 36.4 Å². The molecule has 0 atom stereocenters. The number of benzene rings is 3. The van der Waals surface area contributed by atoms with Crippen LogP contribution in [0.5, 0.6) is 0 Å². The van der Waals surface area contributed by atoms with Crippen molar-refractivity contribution in [2.24, 2.45) is 5.73 Å². The molecule has 4 aromatic rings. The lowest BCUT2D eigenvalue weighted by Gasteiger charge is -2.03. The topological polar surface area (TPSA) is 71.8 Å². The van der Waals surface area contributed by atoms with E-state index in [2.05, 4.69) is 9.97 Å². The van der Waals surface area contributed by atoms with E-state index in [4.69, 9.17) is 5.73 Å². The molecule has 0 radical (unpaired) electrons. The summed E-state index contributed by atoms with van der Waals surface area (Å²) in [6.07, 6.45) is 0. The number of H-pyrrole nitrogens is 1. The molecule has 1 heterocycles. The number of rotatable bonds is 3. The monoisotopic (exact) mass is 331 g/mol. The van der Waals surface area contributed by atoms with Gasteiger partial charge in [0.1, 0.15) is 11.6 Å². The Labute approximate surface area is 143 Å². The summed E-state index contributed by atoms with van der Waals surface area (Å²) in [5.41, 5.74) is 10.1. The number of nitrogens with two attached hydrogens (primary N) is 1. The van der Waals surface area contributed by atoms with Gasteiger partial charge >= 0.3 is 0 Å². The summed E-state index contributed by atoms with van der Waals surface area (Å²) in [7, 11) is 0. The molecule has 122 valence electrons. The van der Waals surface area contributed by atoms with E-state index in [1.165, 1.54) is 12.1 Å². The normalized spacial score (nSPS) is 10.9. The molecule has 1 aromatic heterocycles. The Morgan fingerprint density at radius 2 is 1.48 bits per heavy atom. The van der Waals surface area contributed by atoms with Crippen molar-refractivity contribution in [2.45, 2.75) is 0 Å². The number of hydrogen-bond acceptors (Lipinski definition) is 2. The minimum Gasteiger partial charge on any atom is -0.366 e. The average Bonchev–Trinajstić information content (AvgIpc) is 3.05. The SMILES string of the molecule is NC(=O)c1ccc2nc(-c3ccc(-c4ccc(F)cc4)cc3)[nH]c2c1. The lowest BCUT2D eigenvalue weighted by molar-refractivity contribution is 0.100. The van der Waals surface area contributed by atoms with Gasteiger partial charge in [-0.3, -0.25) is 4.79 Å². The number of carbonyl (C=O) groups excluding carboxylic acids is 1. The van der Waals surface area contributed by atoms with Crippen molar-refractivity contribution in [2.75, 3.05) is 0 Å². The molecule has 1 amide bonds. The van der Waals surface area contributed by atoms with Gasteiger partial charge in [-0.15, -0.1) is 0 Å². The second-order valence-electron chi connectivity index (χ2n) is 5.77. The van der Waals surface area contributed by atoms with E-state index >= 15 is 0 Å². The fourth-order valence-corrected chi connectivity index (χ4v) is 2.76. The van der Waals surface area contributed by atoms with Gasteiger partial charge in [0, 0.05) is 11.1 Å². The Bertz CT molecular complexity index is 1070. The van der Waals surface area contributed by atoms with Gasteiger partial charge < -0.3 is 10.7 Å². The number of halogens is 1. The number of fused-ring (bicyclic) bond motifs is 1. The molecule has 25 heavy (non-hydrogen) atoms. The third-order valence-corrected chi connectivity index (χ3v) is 4.10. The van der Waals surface area contributed by atoms with Gasteiger partial charge in [0.05, 0.1) is 11.0 Å². The standard InChI is InChI=1S/C20H14FN3O/c21-16-8-5-13(6-9-16)12-1-3-14(4-2-12)20-23-17-10-7-15(19(22)25)11-18(17)24-20/h1-11H,(H2,22,25)(H,23,24). The van der Waals surface area contributed by atoms with Crippen LogP contribution in [0.15, 0.2) is 66.7 Å². The molecule has 0 bridgehead atoms. The number of carbonyl (C=O) groups is 1. The zero-order valence-corrected chi connectivity index (χ0v) is 13.2. The van der Waals surface area contributed by atoms with Crippen molar-refractivity contribution in [1.82, 2.24) is 9.97 Å². The van der Waals surface area contributed by atoms with Crippen LogP contribution >= 0.6 is 0 Å². The Morgan fingerprint density at radius 3 is 2.12 bits per heavy atom. The Balaban J connectivity index is 1.68. The third kappa shape index (κ3) is 2.87. The summed E-state index contributed by atoms with van der Waals surface area (Å²) >= 11 is 0. The van der Waals surface area contributed by atoms with Crippen LogP contribution in [0, 0.1) is 5.82 Å². The maximum atomic E-state index is 13.0. The minimum atomic E-state index is -0.471. The molecule has 4 nitrogen and oxygen atoms in total. The number of nitrogens with zero attached hydrogens (tertiary/aromatic N) is 1. The molecule has 0 spiro atoms. The smallest absolute Gasteiger partial charge is 0.248 e. The van der Waals surface area contributed by atoms with Gasteiger partial charge in [0.2, 0.25) is 5.91 Å². The highest BCUT2D eigenvalue weighted by atomic mass is 19.1. The van der Waals surface area contributed by atoms with E-state index in [-0.39, 0.29) is 5.82 Å². The number of amides is 1. The molecular weight excluding hydrogens is 317 g/mol. The average molecular weight is 331 g/mol. The summed E-state index contributed by atoms with van der Waals surface area (Å²) in [5, 5.41) is 0. The summed E-state index contributed by atoms with van der Waals surface area (Å²) in [6.45, 7) is 0. The lowest BCUT2D eigenvalue weighted by atomic mass is 10.0. The van der Waals surface area contributed by atoms with Gasteiger partial charge in [0.15, 0.2) is 0 Å². The predicted molar refractivity (Wildman–Crippen MR) is 95.4 cm³/mol. The first-order chi connectivity index (χ1) is 12.1. The molecular formula is C20H14FN3O. The first-order valence-corrected chi connectivity index (χ1v) is 7.76. The zero-order chi connectivity index (χ0) is 17.4. The van der Waals surface area contributed by atoms with Crippen molar-refractivity contribution in [3.05, 3.63) is 78.1 Å². The zero-order valence-electron chi connectivity index (χ0n) is 13.2. The summed E-state index contributed by atoms with van der Waals surface area (Å²) in [6, 6.07) is 19.3. The molecule has 3 N–H and O–H groups in total. The van der Waals surface area contributed by atoms with Crippen molar-refractivity contribution < 1.29 is 9.18 Å². The second-order valence-corrected chi connectivity index (χ2v) is 5.77. The van der Waals surface area contributed by atoms with E-state index in [0.717, 1.165) is 27.7 Å². The highest BCUT2D eigenvalue weighted by molar-refractivity contribution is 5.96. The predicted octanol–water partition coefficient (Wildman–Crippen LogP) is 4.13. The molecule has 0 saturated heterocycles. The van der Waals surface area contributed by atoms with Crippen molar-refractivity contribution >= 4 is 16.9 Å². The Kier molecular flexibility index (Phi) is 3.54. The van der Waals surface area contributed by atoms with Crippen LogP contribution in [0.4, 0.5) is 4.39 Å². The van der Waals surface area contributed by atoms with Crippen LogP contribution in [-0.2, 0) is 0 Å². The third-order valence-electron chi connectivity index (χ3n) is 4.10. The van der Waals surface area contributed by atoms with Crippen LogP contribution < -0.4 is 5.73 Å². The molecule has 0 fully saturated rings. The Hall–Kier alpha value is -3.47. The van der Waals surface area contributed by atoms with Crippen LogP contribution in [0.2, 0.25) is 0 Å². The van der Waals surface area contributed by atoms with Crippen molar-refractivity contribution in [1.29, 1.82) is 0 Å². The van der Waals surface area contributed by atoms with Crippen molar-refractivity contribution in [3.8, 4) is 22.5 Å². The quantitative estimate of drug-likeness (QED) is 0.592. The summed E-state index contributed by atoms with van der Waals surface area (Å²) in [5.74, 6) is -0.0121. The summed E-state index contributed by atoms with van der Waals surface area (Å²) in [4.78, 5) is 19.0. The first kappa shape index (κ1) is 15.1. The molecule has 0 aliphatic rings. The molecule has 3 aromatic carbocycles. The van der Waals surface area contributed by atoms with Gasteiger partial charge in [-0.25, -0.2) is 9.37 Å². The van der Waals surface area contributed by atoms with Crippen LogP contribution in [0.25, 0.3) is 33.5 Å². The fraction of sp³-hybridized carbons (Fsp3) is 0. The van der Waals surface area contributed by atoms with E-state index in [1.54, 1.807) is 30.3 Å². The molecule has 0 aliphatic heterocycles. The molecule has 5 heteroatoms. The number of primary amides is 1. The van der Waals surface area contributed by atoms with E-state index in [0.29, 0.717) is 11.4 Å². The molecule has 0 aliphatic carbocycles. The first-order valence-electron chi connectivity index (χ1n) is 7.76. The summed E-state index contributed by atoms with van der Waals surface area (Å²) < 4.78 is 13.0. The van der Waals surface area contributed by atoms with Gasteiger partial charge in [0.25, 0.3) is 0 Å². The number of imidazole rings is 1. The second kappa shape index (κ2) is 5.87. The highest BCUT2D eigenvalue weighted by Gasteiger charge is 2.08. The molecule has 0 saturated carbocycles. The van der Waals surface area contributed by atoms with E-state index in [1.807, 2.05) is 24.3 Å². The number of nitrogens with one attached hydrogen (secondary N) is 1. The number of aromatic amines is 1. The Morgan fingerprint density at radius 1 is 0.880 bits per heavy atom. The largest absolute Gasteiger partial charge is 0.366 e. The maximum Gasteiger partial charge on any atom is 0.248 e. The van der Waals surface area contributed by atoms with Gasteiger partial charge in [-0.2, -0.15) is 0 Å². The maximum absolute atomic E-state index is 13.0. The molecule has 4 rings (SSSR count). The van der Waals surface area contributed by atoms with E-state index < -0.39 is 5.91 Å². The van der Waals surface area contributed by atoms with Crippen LogP contribution in [0.1, 0.15) is 10.4 Å². The van der Waals surface area contributed by atoms with Gasteiger partial charge in [-0.05, 0) is 41.5 Å². The fourth-order valence-electron chi connectivity index (χ4n) is 2.76. The number of hydrogen-bond donors (Lipinski definition) is 2.